The van der Waals surface area contributed by atoms with Gasteiger partial charge >= 0.3 is 0 Å². The summed E-state index contributed by atoms with van der Waals surface area (Å²) < 4.78 is 5.79. The van der Waals surface area contributed by atoms with Gasteiger partial charge in [-0.15, -0.1) is 0 Å². The van der Waals surface area contributed by atoms with E-state index in [0.29, 0.717) is 6.42 Å². The number of nitrogens with two attached hydrogens (primary N) is 1. The van der Waals surface area contributed by atoms with Crippen molar-refractivity contribution in [1.29, 1.82) is 0 Å². The van der Waals surface area contributed by atoms with Gasteiger partial charge in [0.15, 0.2) is 0 Å². The van der Waals surface area contributed by atoms with Crippen LogP contribution in [-0.2, 0) is 6.42 Å². The fourth-order valence-electron chi connectivity index (χ4n) is 2.32. The van der Waals surface area contributed by atoms with E-state index in [4.69, 9.17) is 10.5 Å². The molecular weight excluding hydrogens is 274 g/mol. The van der Waals surface area contributed by atoms with Crippen molar-refractivity contribution >= 4 is 0 Å². The fourth-order valence-corrected chi connectivity index (χ4v) is 2.32. The van der Waals surface area contributed by atoms with E-state index in [1.165, 1.54) is 0 Å². The van der Waals surface area contributed by atoms with Gasteiger partial charge in [0.05, 0.1) is 12.1 Å². The first-order valence-corrected chi connectivity index (χ1v) is 7.62. The van der Waals surface area contributed by atoms with E-state index < -0.39 is 12.1 Å². The third kappa shape index (κ3) is 4.86. The van der Waals surface area contributed by atoms with E-state index >= 15 is 0 Å². The van der Waals surface area contributed by atoms with Crippen LogP contribution in [0.4, 0.5) is 0 Å². The summed E-state index contributed by atoms with van der Waals surface area (Å²) in [5.41, 5.74) is 7.94. The highest BCUT2D eigenvalue weighted by Gasteiger charge is 2.18. The SMILES string of the molecule is CC(C)(C)Oc1ccc([C@@H](N)[C@@H](O)Cc2ccccc2)cc1. The molecule has 0 aliphatic carbocycles. The summed E-state index contributed by atoms with van der Waals surface area (Å²) >= 11 is 0. The van der Waals surface area contributed by atoms with E-state index in [0.717, 1.165) is 16.9 Å². The first-order chi connectivity index (χ1) is 10.3. The summed E-state index contributed by atoms with van der Waals surface area (Å²) in [5.74, 6) is 0.806. The Hall–Kier alpha value is -1.84. The van der Waals surface area contributed by atoms with Gasteiger partial charge in [-0.1, -0.05) is 42.5 Å². The van der Waals surface area contributed by atoms with Crippen molar-refractivity contribution in [3.05, 3.63) is 65.7 Å². The molecule has 0 heterocycles. The summed E-state index contributed by atoms with van der Waals surface area (Å²) in [6.07, 6.45) is -0.0702. The number of rotatable bonds is 5. The van der Waals surface area contributed by atoms with E-state index in [2.05, 4.69) is 0 Å². The summed E-state index contributed by atoms with van der Waals surface area (Å²) in [4.78, 5) is 0. The van der Waals surface area contributed by atoms with Crippen LogP contribution >= 0.6 is 0 Å². The Bertz CT molecular complexity index is 573. The van der Waals surface area contributed by atoms with E-state index in [9.17, 15) is 5.11 Å². The lowest BCUT2D eigenvalue weighted by Gasteiger charge is -2.23. The quantitative estimate of drug-likeness (QED) is 0.889. The Morgan fingerprint density at radius 1 is 1.00 bits per heavy atom. The van der Waals surface area contributed by atoms with Crippen molar-refractivity contribution < 1.29 is 9.84 Å². The lowest BCUT2D eigenvalue weighted by atomic mass is 9.97. The second-order valence-electron chi connectivity index (χ2n) is 6.57. The Morgan fingerprint density at radius 2 is 1.59 bits per heavy atom. The minimum absolute atomic E-state index is 0.226. The third-order valence-corrected chi connectivity index (χ3v) is 3.39. The smallest absolute Gasteiger partial charge is 0.120 e. The summed E-state index contributed by atoms with van der Waals surface area (Å²) in [6, 6.07) is 17.1. The van der Waals surface area contributed by atoms with Gasteiger partial charge in [0.2, 0.25) is 0 Å². The molecule has 22 heavy (non-hydrogen) atoms. The van der Waals surface area contributed by atoms with Crippen molar-refractivity contribution in [3.8, 4) is 5.75 Å². The lowest BCUT2D eigenvalue weighted by molar-refractivity contribution is 0.130. The zero-order chi connectivity index (χ0) is 16.2. The molecule has 2 atom stereocenters. The Morgan fingerprint density at radius 3 is 2.14 bits per heavy atom. The largest absolute Gasteiger partial charge is 0.488 e. The first kappa shape index (κ1) is 16.5. The maximum Gasteiger partial charge on any atom is 0.120 e. The van der Waals surface area contributed by atoms with Crippen molar-refractivity contribution in [1.82, 2.24) is 0 Å². The van der Waals surface area contributed by atoms with Crippen LogP contribution in [0.15, 0.2) is 54.6 Å². The molecule has 0 aliphatic rings. The molecule has 0 amide bonds. The van der Waals surface area contributed by atoms with E-state index in [-0.39, 0.29) is 5.60 Å². The van der Waals surface area contributed by atoms with Crippen molar-refractivity contribution in [3.63, 3.8) is 0 Å². The molecule has 0 unspecified atom stereocenters. The minimum atomic E-state index is -0.614. The normalized spacial score (nSPS) is 14.4. The number of benzene rings is 2. The van der Waals surface area contributed by atoms with Gasteiger partial charge in [0.25, 0.3) is 0 Å². The standard InChI is InChI=1S/C19H25NO2/c1-19(2,3)22-16-11-9-15(10-12-16)18(20)17(21)13-14-7-5-4-6-8-14/h4-12,17-18,21H,13,20H2,1-3H3/t17-,18+/m0/s1. The summed E-state index contributed by atoms with van der Waals surface area (Å²) in [5, 5.41) is 10.3. The predicted octanol–water partition coefficient (Wildman–Crippen LogP) is 3.47. The molecule has 3 nitrogen and oxygen atoms in total. The van der Waals surface area contributed by atoms with Gasteiger partial charge in [-0.05, 0) is 44.0 Å². The average Bonchev–Trinajstić information content (AvgIpc) is 2.46. The van der Waals surface area contributed by atoms with Crippen LogP contribution < -0.4 is 10.5 Å². The average molecular weight is 299 g/mol. The highest BCUT2D eigenvalue weighted by molar-refractivity contribution is 5.30. The topological polar surface area (TPSA) is 55.5 Å². The maximum atomic E-state index is 10.3. The highest BCUT2D eigenvalue weighted by Crippen LogP contribution is 2.23. The van der Waals surface area contributed by atoms with Crippen LogP contribution in [0, 0.1) is 0 Å². The van der Waals surface area contributed by atoms with E-state index in [1.54, 1.807) is 0 Å². The molecule has 0 radical (unpaired) electrons. The third-order valence-electron chi connectivity index (χ3n) is 3.39. The lowest BCUT2D eigenvalue weighted by Crippen LogP contribution is -2.28. The zero-order valence-electron chi connectivity index (χ0n) is 13.5. The molecule has 0 saturated heterocycles. The molecule has 0 spiro atoms. The van der Waals surface area contributed by atoms with Gasteiger partial charge in [0.1, 0.15) is 11.4 Å². The number of aliphatic hydroxyl groups is 1. The van der Waals surface area contributed by atoms with Crippen LogP contribution in [0.2, 0.25) is 0 Å². The molecule has 2 aromatic carbocycles. The van der Waals surface area contributed by atoms with Gasteiger partial charge in [-0.25, -0.2) is 0 Å². The second-order valence-corrected chi connectivity index (χ2v) is 6.57. The highest BCUT2D eigenvalue weighted by atomic mass is 16.5. The van der Waals surface area contributed by atoms with Crippen molar-refractivity contribution in [2.24, 2.45) is 5.73 Å². The molecule has 3 N–H and O–H groups in total. The summed E-state index contributed by atoms with van der Waals surface area (Å²) in [6.45, 7) is 6.03. The monoisotopic (exact) mass is 299 g/mol. The fraction of sp³-hybridized carbons (Fsp3) is 0.368. The van der Waals surface area contributed by atoms with Gasteiger partial charge in [-0.2, -0.15) is 0 Å². The number of ether oxygens (including phenoxy) is 1. The Kier molecular flexibility index (Phi) is 5.22. The molecule has 118 valence electrons. The predicted molar refractivity (Wildman–Crippen MR) is 89.9 cm³/mol. The Balaban J connectivity index is 2.01. The van der Waals surface area contributed by atoms with Crippen molar-refractivity contribution in [2.75, 3.05) is 0 Å². The number of aliphatic hydroxyl groups excluding tert-OH is 1. The summed E-state index contributed by atoms with van der Waals surface area (Å²) in [7, 11) is 0. The van der Waals surface area contributed by atoms with E-state index in [1.807, 2.05) is 75.4 Å². The molecule has 0 bridgehead atoms. The van der Waals surface area contributed by atoms with Gasteiger partial charge in [0, 0.05) is 6.42 Å². The van der Waals surface area contributed by atoms with Crippen LogP contribution in [-0.4, -0.2) is 16.8 Å². The molecule has 2 aromatic rings. The molecule has 3 heteroatoms. The van der Waals surface area contributed by atoms with Gasteiger partial charge < -0.3 is 15.6 Å². The molecule has 0 aromatic heterocycles. The van der Waals surface area contributed by atoms with Crippen LogP contribution in [0.25, 0.3) is 0 Å². The molecule has 2 rings (SSSR count). The van der Waals surface area contributed by atoms with Gasteiger partial charge in [-0.3, -0.25) is 0 Å². The van der Waals surface area contributed by atoms with Crippen LogP contribution in [0.1, 0.15) is 37.9 Å². The van der Waals surface area contributed by atoms with Crippen molar-refractivity contribution in [2.45, 2.75) is 44.9 Å². The maximum absolute atomic E-state index is 10.3. The number of hydrogen-bond acceptors (Lipinski definition) is 3. The number of hydrogen-bond donors (Lipinski definition) is 2. The first-order valence-electron chi connectivity index (χ1n) is 7.62. The minimum Gasteiger partial charge on any atom is -0.488 e. The second kappa shape index (κ2) is 6.95. The Labute approximate surface area is 132 Å². The molecule has 0 aliphatic heterocycles. The molecule has 0 fully saturated rings. The zero-order valence-corrected chi connectivity index (χ0v) is 13.5. The molecule has 0 saturated carbocycles. The van der Waals surface area contributed by atoms with Crippen LogP contribution in [0.5, 0.6) is 5.75 Å². The van der Waals surface area contributed by atoms with Crippen LogP contribution in [0.3, 0.4) is 0 Å². The molecular formula is C19H25NO2.